The fraction of sp³-hybridized carbons (Fsp3) is 0.500. The predicted octanol–water partition coefficient (Wildman–Crippen LogP) is -0.581. The van der Waals surface area contributed by atoms with Gasteiger partial charge in [0, 0.05) is 13.6 Å². The third-order valence-corrected chi connectivity index (χ3v) is 1.62. The van der Waals surface area contributed by atoms with Gasteiger partial charge in [-0.05, 0) is 0 Å². The number of H-pyrrole nitrogens is 1. The largest absolute Gasteiger partial charge is 0.522 e. The molecule has 19 heavy (non-hydrogen) atoms. The number of hydrogen-bond acceptors (Lipinski definition) is 6. The number of rotatable bonds is 4. The van der Waals surface area contributed by atoms with Gasteiger partial charge in [-0.2, -0.15) is 0 Å². The number of anilines is 1. The first-order chi connectivity index (χ1) is 8.63. The van der Waals surface area contributed by atoms with Crippen LogP contribution >= 0.6 is 0 Å². The molecule has 0 spiro atoms. The Morgan fingerprint density at radius 3 is 2.42 bits per heavy atom. The van der Waals surface area contributed by atoms with E-state index in [9.17, 15) is 18.0 Å². The Kier molecular flexibility index (Phi) is 6.82. The van der Waals surface area contributed by atoms with Gasteiger partial charge in [0.05, 0.1) is 12.9 Å². The molecule has 0 aromatic carbocycles. The molecular formula is C8H15F3N6O2. The lowest BCUT2D eigenvalue weighted by atomic mass is 10.4. The highest BCUT2D eigenvalue weighted by Crippen LogP contribution is 2.15. The number of halogens is 3. The summed E-state index contributed by atoms with van der Waals surface area (Å²) < 4.78 is 37.1. The van der Waals surface area contributed by atoms with E-state index in [2.05, 4.69) is 14.7 Å². The molecule has 8 nitrogen and oxygen atoms in total. The summed E-state index contributed by atoms with van der Waals surface area (Å²) >= 11 is 0. The Balaban J connectivity index is 0.000000342. The molecule has 0 atom stereocenters. The van der Waals surface area contributed by atoms with E-state index in [-0.39, 0.29) is 18.1 Å². The number of hydrazine groups is 1. The van der Waals surface area contributed by atoms with Gasteiger partial charge in [0.25, 0.3) is 5.91 Å². The molecule has 1 rings (SSSR count). The lowest BCUT2D eigenvalue weighted by Crippen LogP contribution is -2.31. The van der Waals surface area contributed by atoms with E-state index in [0.717, 1.165) is 5.01 Å². The average Bonchev–Trinajstić information content (AvgIpc) is 2.62. The summed E-state index contributed by atoms with van der Waals surface area (Å²) in [7, 11) is 1.46. The molecule has 1 aromatic heterocycles. The molecule has 0 aliphatic heterocycles. The van der Waals surface area contributed by atoms with Crippen LogP contribution in [-0.2, 0) is 4.74 Å². The maximum atomic E-state index is 11.2. The molecule has 11 heteroatoms. The molecule has 0 unspecified atom stereocenters. The first-order valence-electron chi connectivity index (χ1n) is 4.88. The number of aromatic nitrogens is 2. The highest BCUT2D eigenvalue weighted by molar-refractivity contribution is 5.94. The van der Waals surface area contributed by atoms with Gasteiger partial charge in [-0.1, -0.05) is 0 Å². The SMILES string of the molecule is CN(N)CCOC(F)(F)F.NC(=O)c1[nH]cnc1N. The third kappa shape index (κ3) is 8.82. The van der Waals surface area contributed by atoms with Crippen LogP contribution in [0.3, 0.4) is 0 Å². The second-order valence-electron chi connectivity index (χ2n) is 3.30. The number of nitrogens with two attached hydrogens (primary N) is 3. The number of aromatic amines is 1. The zero-order valence-electron chi connectivity index (χ0n) is 10.1. The van der Waals surface area contributed by atoms with Gasteiger partial charge >= 0.3 is 6.36 Å². The summed E-state index contributed by atoms with van der Waals surface area (Å²) in [5.74, 6) is 4.56. The van der Waals surface area contributed by atoms with E-state index < -0.39 is 18.9 Å². The maximum Gasteiger partial charge on any atom is 0.522 e. The zero-order valence-corrected chi connectivity index (χ0v) is 10.1. The predicted molar refractivity (Wildman–Crippen MR) is 60.3 cm³/mol. The van der Waals surface area contributed by atoms with Crippen LogP contribution in [-0.4, -0.2) is 47.4 Å². The molecule has 0 aliphatic carbocycles. The highest BCUT2D eigenvalue weighted by atomic mass is 19.4. The van der Waals surface area contributed by atoms with E-state index in [1.807, 2.05) is 0 Å². The van der Waals surface area contributed by atoms with Crippen molar-refractivity contribution in [2.45, 2.75) is 6.36 Å². The van der Waals surface area contributed by atoms with Crippen molar-refractivity contribution in [3.63, 3.8) is 0 Å². The highest BCUT2D eigenvalue weighted by Gasteiger charge is 2.28. The molecule has 0 saturated carbocycles. The van der Waals surface area contributed by atoms with Crippen LogP contribution in [0.15, 0.2) is 6.33 Å². The standard InChI is InChI=1S/C4H9F3N2O.C4H6N4O/c1-9(8)2-3-10-4(5,6)7;5-3-2(4(6)9)7-1-8-3/h2-3,8H2,1H3;1H,5H2,(H2,6,9)(H,7,8). The van der Waals surface area contributed by atoms with Gasteiger partial charge in [0.15, 0.2) is 5.82 Å². The number of imidazole rings is 1. The van der Waals surface area contributed by atoms with Crippen LogP contribution in [0.5, 0.6) is 0 Å². The Morgan fingerprint density at radius 1 is 1.58 bits per heavy atom. The van der Waals surface area contributed by atoms with Crippen LogP contribution < -0.4 is 17.3 Å². The van der Waals surface area contributed by atoms with E-state index in [1.54, 1.807) is 0 Å². The van der Waals surface area contributed by atoms with Gasteiger partial charge in [0.1, 0.15) is 5.69 Å². The molecule has 0 saturated heterocycles. The summed E-state index contributed by atoms with van der Waals surface area (Å²) in [5.41, 5.74) is 10.2. The van der Waals surface area contributed by atoms with Crippen LogP contribution in [0.1, 0.15) is 10.5 Å². The summed E-state index contributed by atoms with van der Waals surface area (Å²) in [6.45, 7) is -0.379. The van der Waals surface area contributed by atoms with Crippen molar-refractivity contribution in [1.82, 2.24) is 15.0 Å². The number of alkyl halides is 3. The molecular weight excluding hydrogens is 269 g/mol. The quantitative estimate of drug-likeness (QED) is 0.431. The second-order valence-corrected chi connectivity index (χ2v) is 3.30. The smallest absolute Gasteiger partial charge is 0.382 e. The normalized spacial score (nSPS) is 11.1. The summed E-state index contributed by atoms with van der Waals surface area (Å²) in [5, 5.41) is 1.12. The Morgan fingerprint density at radius 2 is 2.16 bits per heavy atom. The lowest BCUT2D eigenvalue weighted by molar-refractivity contribution is -0.324. The monoisotopic (exact) mass is 284 g/mol. The van der Waals surface area contributed by atoms with Crippen LogP contribution in [0.4, 0.5) is 19.0 Å². The number of hydrogen-bond donors (Lipinski definition) is 4. The van der Waals surface area contributed by atoms with E-state index in [4.69, 9.17) is 17.3 Å². The Bertz CT molecular complexity index is 392. The number of likely N-dealkylation sites (N-methyl/N-ethyl adjacent to an activating group) is 1. The summed E-state index contributed by atoms with van der Waals surface area (Å²) in [6, 6.07) is 0. The maximum absolute atomic E-state index is 11.2. The number of nitrogens with one attached hydrogen (secondary N) is 1. The number of carbonyl (C=O) groups excluding carboxylic acids is 1. The molecule has 1 heterocycles. The average molecular weight is 284 g/mol. The van der Waals surface area contributed by atoms with Crippen LogP contribution in [0, 0.1) is 0 Å². The molecule has 0 aliphatic rings. The molecule has 7 N–H and O–H groups in total. The minimum atomic E-state index is -4.55. The first-order valence-corrected chi connectivity index (χ1v) is 4.88. The van der Waals surface area contributed by atoms with Gasteiger partial charge < -0.3 is 16.5 Å². The van der Waals surface area contributed by atoms with Gasteiger partial charge in [0.2, 0.25) is 0 Å². The van der Waals surface area contributed by atoms with Crippen molar-refractivity contribution in [1.29, 1.82) is 0 Å². The number of nitrogen functional groups attached to an aromatic ring is 1. The fourth-order valence-electron chi connectivity index (χ4n) is 0.808. The molecule has 0 bridgehead atoms. The van der Waals surface area contributed by atoms with Gasteiger partial charge in [-0.3, -0.25) is 15.4 Å². The van der Waals surface area contributed by atoms with Gasteiger partial charge in [-0.15, -0.1) is 13.2 Å². The Labute approximate surface area is 106 Å². The van der Waals surface area contributed by atoms with E-state index in [1.165, 1.54) is 13.4 Å². The minimum absolute atomic E-state index is 0.0551. The summed E-state index contributed by atoms with van der Waals surface area (Å²) in [6.07, 6.45) is -3.23. The first kappa shape index (κ1) is 17.2. The van der Waals surface area contributed by atoms with E-state index in [0.29, 0.717) is 0 Å². The van der Waals surface area contributed by atoms with Crippen molar-refractivity contribution < 1.29 is 22.7 Å². The topological polar surface area (TPSA) is 136 Å². The van der Waals surface area contributed by atoms with Crippen molar-refractivity contribution in [2.24, 2.45) is 11.6 Å². The molecule has 1 aromatic rings. The molecule has 0 fully saturated rings. The molecule has 0 radical (unpaired) electrons. The van der Waals surface area contributed by atoms with E-state index >= 15 is 0 Å². The van der Waals surface area contributed by atoms with Crippen molar-refractivity contribution >= 4 is 11.7 Å². The number of primary amides is 1. The van der Waals surface area contributed by atoms with Crippen LogP contribution in [0.25, 0.3) is 0 Å². The Hall–Kier alpha value is -1.85. The molecule has 1 amide bonds. The van der Waals surface area contributed by atoms with Crippen LogP contribution in [0.2, 0.25) is 0 Å². The van der Waals surface area contributed by atoms with Crippen molar-refractivity contribution in [3.8, 4) is 0 Å². The number of ether oxygens (including phenoxy) is 1. The molecule has 110 valence electrons. The number of carbonyl (C=O) groups is 1. The minimum Gasteiger partial charge on any atom is -0.382 e. The van der Waals surface area contributed by atoms with Gasteiger partial charge in [-0.25, -0.2) is 9.99 Å². The van der Waals surface area contributed by atoms with Crippen molar-refractivity contribution in [2.75, 3.05) is 25.9 Å². The number of amides is 1. The number of nitrogens with zero attached hydrogens (tertiary/aromatic N) is 2. The fourth-order valence-corrected chi connectivity index (χ4v) is 0.808. The summed E-state index contributed by atoms with van der Waals surface area (Å²) in [4.78, 5) is 16.4. The second kappa shape index (κ2) is 7.56. The zero-order chi connectivity index (χ0) is 15.1. The lowest BCUT2D eigenvalue weighted by Gasteiger charge is -2.10. The van der Waals surface area contributed by atoms with Crippen molar-refractivity contribution in [3.05, 3.63) is 12.0 Å². The third-order valence-electron chi connectivity index (χ3n) is 1.62.